The number of nitrogens with zero attached hydrogens (tertiary/aromatic N) is 2. The Kier molecular flexibility index (Phi) is 4.99. The number of ether oxygens (including phenoxy) is 1. The summed E-state index contributed by atoms with van der Waals surface area (Å²) >= 11 is 0. The lowest BCUT2D eigenvalue weighted by atomic mass is 9.56. The molecule has 4 fully saturated rings. The Bertz CT molecular complexity index is 1090. The van der Waals surface area contributed by atoms with Gasteiger partial charge in [-0.2, -0.15) is 13.2 Å². The number of amides is 3. The molecule has 2 N–H and O–H groups in total. The van der Waals surface area contributed by atoms with E-state index in [-0.39, 0.29) is 29.9 Å². The summed E-state index contributed by atoms with van der Waals surface area (Å²) in [7, 11) is -4.86. The van der Waals surface area contributed by atoms with Crippen LogP contribution in [0.15, 0.2) is 29.2 Å². The summed E-state index contributed by atoms with van der Waals surface area (Å²) in [4.78, 5) is 27.2. The lowest BCUT2D eigenvalue weighted by molar-refractivity contribution is -0.142. The third-order valence-corrected chi connectivity index (χ3v) is 8.69. The van der Waals surface area contributed by atoms with E-state index in [1.54, 1.807) is 15.9 Å². The standard InChI is InChI=1S/C21H25F3N4O4S/c22-21(23,24)33(25,31)16-3-1-2-14(5-16)4-15-6-19(7-15)9-27(10-19)18(30)28-11-20(12-28)13-32-8-17(29)26-20/h1-3,5,15,25H,4,6-13H2,(H,26,29). The average Bonchev–Trinajstić information content (AvgIpc) is 2.65. The number of carbonyl (C=O) groups is 2. The van der Waals surface area contributed by atoms with Crippen molar-refractivity contribution in [1.82, 2.24) is 15.1 Å². The SMILES string of the molecule is N=S(=O)(c1cccc(CC2CC3(C2)CN(C(=O)N2CC4(COCC(=O)N4)C2)C3)c1)C(F)(F)F. The second kappa shape index (κ2) is 7.33. The summed E-state index contributed by atoms with van der Waals surface area (Å²) in [5.74, 6) is 0.123. The first-order valence-electron chi connectivity index (χ1n) is 10.8. The molecule has 1 saturated carbocycles. The maximum atomic E-state index is 12.9. The van der Waals surface area contributed by atoms with E-state index >= 15 is 0 Å². The highest BCUT2D eigenvalue weighted by Gasteiger charge is 2.56. The van der Waals surface area contributed by atoms with E-state index < -0.39 is 25.7 Å². The zero-order chi connectivity index (χ0) is 23.6. The smallest absolute Gasteiger partial charge is 0.369 e. The molecular weight excluding hydrogens is 461 g/mol. The molecule has 3 amide bonds. The first-order valence-corrected chi connectivity index (χ1v) is 12.3. The van der Waals surface area contributed by atoms with E-state index in [1.165, 1.54) is 12.1 Å². The van der Waals surface area contributed by atoms with Gasteiger partial charge in [-0.25, -0.2) is 13.8 Å². The number of hydrogen-bond acceptors (Lipinski definition) is 5. The maximum Gasteiger partial charge on any atom is 0.483 e. The molecule has 1 unspecified atom stereocenters. The first-order chi connectivity index (χ1) is 15.4. The second-order valence-corrected chi connectivity index (χ2v) is 12.0. The predicted molar refractivity (Wildman–Crippen MR) is 111 cm³/mol. The van der Waals surface area contributed by atoms with Crippen molar-refractivity contribution in [3.63, 3.8) is 0 Å². The summed E-state index contributed by atoms with van der Waals surface area (Å²) in [6.07, 6.45) is 2.32. The Morgan fingerprint density at radius 3 is 2.52 bits per heavy atom. The van der Waals surface area contributed by atoms with Crippen molar-refractivity contribution in [2.24, 2.45) is 11.3 Å². The van der Waals surface area contributed by atoms with Crippen LogP contribution in [0.4, 0.5) is 18.0 Å². The van der Waals surface area contributed by atoms with Crippen molar-refractivity contribution in [1.29, 1.82) is 4.78 Å². The van der Waals surface area contributed by atoms with Crippen molar-refractivity contribution < 1.29 is 31.7 Å². The van der Waals surface area contributed by atoms with Crippen molar-refractivity contribution in [3.05, 3.63) is 29.8 Å². The van der Waals surface area contributed by atoms with Crippen LogP contribution in [0.5, 0.6) is 0 Å². The molecule has 8 nitrogen and oxygen atoms in total. The molecule has 2 spiro atoms. The summed E-state index contributed by atoms with van der Waals surface area (Å²) in [6, 6.07) is 5.40. The highest BCUT2D eigenvalue weighted by molar-refractivity contribution is 7.93. The van der Waals surface area contributed by atoms with Gasteiger partial charge in [0.25, 0.3) is 0 Å². The minimum atomic E-state index is -5.10. The molecule has 3 heterocycles. The van der Waals surface area contributed by atoms with E-state index in [9.17, 15) is 27.0 Å². The van der Waals surface area contributed by atoms with Crippen molar-refractivity contribution in [3.8, 4) is 0 Å². The summed E-state index contributed by atoms with van der Waals surface area (Å²) in [5.41, 5.74) is -4.85. The van der Waals surface area contributed by atoms with Gasteiger partial charge in [0.05, 0.1) is 17.0 Å². The number of alkyl halides is 3. The van der Waals surface area contributed by atoms with Gasteiger partial charge in [-0.15, -0.1) is 0 Å². The molecule has 12 heteroatoms. The van der Waals surface area contributed by atoms with Gasteiger partial charge in [0.2, 0.25) is 5.91 Å². The summed E-state index contributed by atoms with van der Waals surface area (Å²) in [5, 5.41) is 2.91. The number of benzene rings is 1. The van der Waals surface area contributed by atoms with Crippen LogP contribution in [0.3, 0.4) is 0 Å². The quantitative estimate of drug-likeness (QED) is 0.684. The minimum Gasteiger partial charge on any atom is -0.369 e. The summed E-state index contributed by atoms with van der Waals surface area (Å²) in [6.45, 7) is 2.66. The zero-order valence-electron chi connectivity index (χ0n) is 17.8. The summed E-state index contributed by atoms with van der Waals surface area (Å²) < 4.78 is 63.2. The number of hydrogen-bond donors (Lipinski definition) is 2. The normalized spacial score (nSPS) is 25.6. The maximum absolute atomic E-state index is 12.9. The van der Waals surface area contributed by atoms with Crippen LogP contribution >= 0.6 is 0 Å². The van der Waals surface area contributed by atoms with Crippen molar-refractivity contribution in [2.75, 3.05) is 39.4 Å². The molecule has 0 bridgehead atoms. The number of nitrogens with one attached hydrogen (secondary N) is 2. The molecule has 1 atom stereocenters. The van der Waals surface area contributed by atoms with Gasteiger partial charge in [-0.05, 0) is 42.9 Å². The molecule has 1 aromatic carbocycles. The number of likely N-dealkylation sites (tertiary alicyclic amines) is 2. The Morgan fingerprint density at radius 2 is 1.88 bits per heavy atom. The molecule has 3 saturated heterocycles. The van der Waals surface area contributed by atoms with Gasteiger partial charge in [0, 0.05) is 31.6 Å². The fraction of sp³-hybridized carbons (Fsp3) is 0.619. The minimum absolute atomic E-state index is 0.0421. The number of carbonyl (C=O) groups excluding carboxylic acids is 2. The Labute approximate surface area is 189 Å². The lowest BCUT2D eigenvalue weighted by Gasteiger charge is -2.61. The van der Waals surface area contributed by atoms with Crippen LogP contribution in [-0.2, 0) is 25.7 Å². The number of rotatable bonds is 3. The van der Waals surface area contributed by atoms with E-state index in [0.29, 0.717) is 44.8 Å². The van der Waals surface area contributed by atoms with Gasteiger partial charge in [0.1, 0.15) is 6.61 Å². The van der Waals surface area contributed by atoms with Gasteiger partial charge in [-0.1, -0.05) is 12.1 Å². The van der Waals surface area contributed by atoms with Crippen molar-refractivity contribution >= 4 is 21.7 Å². The molecule has 1 aromatic rings. The number of urea groups is 1. The fourth-order valence-electron chi connectivity index (χ4n) is 5.68. The van der Waals surface area contributed by atoms with Gasteiger partial charge in [0.15, 0.2) is 9.73 Å². The van der Waals surface area contributed by atoms with Crippen molar-refractivity contribution in [2.45, 2.75) is 35.2 Å². The largest absolute Gasteiger partial charge is 0.483 e. The molecule has 5 rings (SSSR count). The van der Waals surface area contributed by atoms with E-state index in [1.807, 2.05) is 0 Å². The van der Waals surface area contributed by atoms with Crippen LogP contribution in [-0.4, -0.2) is 76.4 Å². The van der Waals surface area contributed by atoms with Crippen LogP contribution in [0.25, 0.3) is 0 Å². The van der Waals surface area contributed by atoms with Crippen LogP contribution in [0, 0.1) is 16.1 Å². The molecule has 1 aliphatic carbocycles. The third kappa shape index (κ3) is 3.86. The van der Waals surface area contributed by atoms with Gasteiger partial charge in [-0.3, -0.25) is 4.79 Å². The van der Waals surface area contributed by atoms with E-state index in [0.717, 1.165) is 18.9 Å². The highest BCUT2D eigenvalue weighted by Crippen LogP contribution is 2.53. The van der Waals surface area contributed by atoms with Gasteiger partial charge >= 0.3 is 11.5 Å². The molecule has 33 heavy (non-hydrogen) atoms. The van der Waals surface area contributed by atoms with Crippen LogP contribution in [0.2, 0.25) is 0 Å². The van der Waals surface area contributed by atoms with E-state index in [4.69, 9.17) is 9.52 Å². The third-order valence-electron chi connectivity index (χ3n) is 7.12. The molecule has 180 valence electrons. The fourth-order valence-corrected chi connectivity index (χ4v) is 6.54. The zero-order valence-corrected chi connectivity index (χ0v) is 18.6. The lowest BCUT2D eigenvalue weighted by Crippen LogP contribution is -2.78. The molecule has 0 radical (unpaired) electrons. The Morgan fingerprint density at radius 1 is 1.21 bits per heavy atom. The number of halogens is 3. The molecular formula is C21H25F3N4O4S. The van der Waals surface area contributed by atoms with Gasteiger partial charge < -0.3 is 19.9 Å². The molecule has 4 aliphatic rings. The van der Waals surface area contributed by atoms with Crippen LogP contribution < -0.4 is 5.32 Å². The monoisotopic (exact) mass is 486 g/mol. The number of morpholine rings is 1. The van der Waals surface area contributed by atoms with E-state index in [2.05, 4.69) is 5.32 Å². The molecule has 3 aliphatic heterocycles. The predicted octanol–water partition coefficient (Wildman–Crippen LogP) is 2.19. The van der Waals surface area contributed by atoms with Crippen LogP contribution in [0.1, 0.15) is 18.4 Å². The highest BCUT2D eigenvalue weighted by atomic mass is 32.2. The second-order valence-electron chi connectivity index (χ2n) is 9.94. The topological polar surface area (TPSA) is 103 Å². The Hall–Kier alpha value is -2.34. The Balaban J connectivity index is 1.10. The first kappa shape index (κ1) is 22.5. The average molecular weight is 487 g/mol. The molecule has 0 aromatic heterocycles.